The number of hydrogen-bond donors (Lipinski definition) is 1. The van der Waals surface area contributed by atoms with E-state index in [1.165, 1.54) is 12.0 Å². The highest BCUT2D eigenvalue weighted by Gasteiger charge is 2.25. The summed E-state index contributed by atoms with van der Waals surface area (Å²) in [5, 5.41) is 3.64. The van der Waals surface area contributed by atoms with Crippen molar-refractivity contribution < 1.29 is 0 Å². The fraction of sp³-hybridized carbons (Fsp3) is 0.556. The molecule has 1 saturated heterocycles. The zero-order valence-corrected chi connectivity index (χ0v) is 8.51. The van der Waals surface area contributed by atoms with Gasteiger partial charge in [-0.2, -0.15) is 0 Å². The molecule has 3 rings (SSSR count). The average molecular weight is 211 g/mol. The van der Waals surface area contributed by atoms with Gasteiger partial charge in [-0.3, -0.25) is 0 Å². The molecule has 0 atom stereocenters. The van der Waals surface area contributed by atoms with E-state index in [4.69, 9.17) is 11.6 Å². The van der Waals surface area contributed by atoms with Gasteiger partial charge in [0.1, 0.15) is 5.82 Å². The highest BCUT2D eigenvalue weighted by atomic mass is 35.5. The fourth-order valence-electron chi connectivity index (χ4n) is 1.91. The van der Waals surface area contributed by atoms with Crippen molar-refractivity contribution in [2.24, 2.45) is 0 Å². The second-order valence-corrected chi connectivity index (χ2v) is 4.02. The Morgan fingerprint density at radius 3 is 2.79 bits per heavy atom. The molecule has 2 aliphatic rings. The maximum Gasteiger partial charge on any atom is 0.224 e. The Labute approximate surface area is 87.3 Å². The summed E-state index contributed by atoms with van der Waals surface area (Å²) in [6.45, 7) is 3.89. The van der Waals surface area contributed by atoms with Crippen LogP contribution in [-0.4, -0.2) is 23.1 Å². The van der Waals surface area contributed by atoms with E-state index in [1.807, 2.05) is 0 Å². The Hall–Kier alpha value is -0.870. The molecule has 0 aromatic carbocycles. The first-order valence-corrected chi connectivity index (χ1v) is 5.23. The number of aromatic nitrogens is 2. The fourth-order valence-corrected chi connectivity index (χ4v) is 2.09. The van der Waals surface area contributed by atoms with Crippen molar-refractivity contribution in [1.29, 1.82) is 0 Å². The van der Waals surface area contributed by atoms with Crippen LogP contribution in [0.2, 0.25) is 5.28 Å². The monoisotopic (exact) mass is 210 g/mol. The number of rotatable bonds is 1. The lowest BCUT2D eigenvalue weighted by atomic mass is 10.1. The van der Waals surface area contributed by atoms with Gasteiger partial charge in [0.2, 0.25) is 5.28 Å². The molecule has 0 bridgehead atoms. The Morgan fingerprint density at radius 1 is 1.21 bits per heavy atom. The van der Waals surface area contributed by atoms with E-state index in [-0.39, 0.29) is 0 Å². The maximum absolute atomic E-state index is 5.88. The molecule has 1 N–H and O–H groups in total. The zero-order valence-electron chi connectivity index (χ0n) is 7.76. The van der Waals surface area contributed by atoms with Crippen LogP contribution in [0.3, 0.4) is 0 Å². The molecule has 5 heteroatoms. The molecule has 4 nitrogen and oxygen atoms in total. The Kier molecular flexibility index (Phi) is 1.85. The second-order valence-electron chi connectivity index (χ2n) is 3.69. The van der Waals surface area contributed by atoms with Crippen molar-refractivity contribution in [3.05, 3.63) is 16.5 Å². The number of hydrogen-bond acceptors (Lipinski definition) is 4. The molecular formula is C9H11ClN4. The second kappa shape index (κ2) is 3.07. The van der Waals surface area contributed by atoms with Crippen molar-refractivity contribution in [2.75, 3.05) is 18.0 Å². The van der Waals surface area contributed by atoms with Crippen LogP contribution in [0.25, 0.3) is 0 Å². The standard InChI is InChI=1S/C9H11ClN4/c10-9-12-7-5-11-4-6(7)8(13-9)14-2-1-3-14/h11H,1-5H2. The largest absolute Gasteiger partial charge is 0.356 e. The average Bonchev–Trinajstić information content (AvgIpc) is 2.47. The van der Waals surface area contributed by atoms with E-state index in [0.717, 1.165) is 37.7 Å². The van der Waals surface area contributed by atoms with Gasteiger partial charge in [0.25, 0.3) is 0 Å². The number of anilines is 1. The highest BCUT2D eigenvalue weighted by molar-refractivity contribution is 6.28. The number of fused-ring (bicyclic) bond motifs is 1. The van der Waals surface area contributed by atoms with Crippen LogP contribution in [-0.2, 0) is 13.1 Å². The summed E-state index contributed by atoms with van der Waals surface area (Å²) in [4.78, 5) is 10.8. The molecule has 74 valence electrons. The van der Waals surface area contributed by atoms with Crippen LogP contribution < -0.4 is 10.2 Å². The zero-order chi connectivity index (χ0) is 9.54. The molecule has 0 aliphatic carbocycles. The quantitative estimate of drug-likeness (QED) is 0.701. The molecule has 0 amide bonds. The van der Waals surface area contributed by atoms with Crippen LogP contribution in [0.15, 0.2) is 0 Å². The molecule has 0 spiro atoms. The summed E-state index contributed by atoms with van der Waals surface area (Å²) in [6, 6.07) is 0. The number of nitrogens with one attached hydrogen (secondary N) is 1. The molecule has 0 radical (unpaired) electrons. The molecule has 3 heterocycles. The van der Waals surface area contributed by atoms with Gasteiger partial charge in [0, 0.05) is 31.7 Å². The Balaban J connectivity index is 2.08. The predicted octanol–water partition coefficient (Wildman–Crippen LogP) is 0.943. The first-order valence-electron chi connectivity index (χ1n) is 4.85. The molecular weight excluding hydrogens is 200 g/mol. The third-order valence-corrected chi connectivity index (χ3v) is 2.96. The molecule has 0 unspecified atom stereocenters. The van der Waals surface area contributed by atoms with E-state index in [0.29, 0.717) is 5.28 Å². The predicted molar refractivity (Wildman–Crippen MR) is 54.4 cm³/mol. The van der Waals surface area contributed by atoms with Crippen LogP contribution in [0.1, 0.15) is 17.7 Å². The minimum Gasteiger partial charge on any atom is -0.356 e. The lowest BCUT2D eigenvalue weighted by Gasteiger charge is -2.33. The summed E-state index contributed by atoms with van der Waals surface area (Å²) in [7, 11) is 0. The van der Waals surface area contributed by atoms with Gasteiger partial charge in [0.15, 0.2) is 0 Å². The van der Waals surface area contributed by atoms with Gasteiger partial charge < -0.3 is 10.2 Å². The van der Waals surface area contributed by atoms with E-state index >= 15 is 0 Å². The highest BCUT2D eigenvalue weighted by Crippen LogP contribution is 2.28. The van der Waals surface area contributed by atoms with E-state index < -0.39 is 0 Å². The van der Waals surface area contributed by atoms with Gasteiger partial charge in [-0.05, 0) is 18.0 Å². The maximum atomic E-state index is 5.88. The first kappa shape index (κ1) is 8.44. The molecule has 1 aromatic rings. The summed E-state index contributed by atoms with van der Waals surface area (Å²) in [5.41, 5.74) is 2.29. The van der Waals surface area contributed by atoms with Gasteiger partial charge >= 0.3 is 0 Å². The van der Waals surface area contributed by atoms with Crippen molar-refractivity contribution in [1.82, 2.24) is 15.3 Å². The number of halogens is 1. The van der Waals surface area contributed by atoms with Gasteiger partial charge in [-0.25, -0.2) is 9.97 Å². The lowest BCUT2D eigenvalue weighted by Crippen LogP contribution is -2.38. The third-order valence-electron chi connectivity index (χ3n) is 2.79. The Bertz CT molecular complexity index is 375. The van der Waals surface area contributed by atoms with E-state index in [9.17, 15) is 0 Å². The van der Waals surface area contributed by atoms with Crippen molar-refractivity contribution in [2.45, 2.75) is 19.5 Å². The van der Waals surface area contributed by atoms with Gasteiger partial charge in [-0.15, -0.1) is 0 Å². The van der Waals surface area contributed by atoms with Crippen molar-refractivity contribution in [3.8, 4) is 0 Å². The summed E-state index contributed by atoms with van der Waals surface area (Å²) in [5.74, 6) is 1.04. The van der Waals surface area contributed by atoms with Gasteiger partial charge in [-0.1, -0.05) is 0 Å². The van der Waals surface area contributed by atoms with Crippen LogP contribution in [0.5, 0.6) is 0 Å². The van der Waals surface area contributed by atoms with E-state index in [1.54, 1.807) is 0 Å². The molecule has 2 aliphatic heterocycles. The normalized spacial score (nSPS) is 19.4. The smallest absolute Gasteiger partial charge is 0.224 e. The van der Waals surface area contributed by atoms with E-state index in [2.05, 4.69) is 20.2 Å². The molecule has 14 heavy (non-hydrogen) atoms. The van der Waals surface area contributed by atoms with Crippen LogP contribution in [0.4, 0.5) is 5.82 Å². The van der Waals surface area contributed by atoms with Crippen molar-refractivity contribution in [3.63, 3.8) is 0 Å². The summed E-state index contributed by atoms with van der Waals surface area (Å²) < 4.78 is 0. The SMILES string of the molecule is Clc1nc2c(c(N3CCC3)n1)CNC2. The minimum atomic E-state index is 0.370. The minimum absolute atomic E-state index is 0.370. The van der Waals surface area contributed by atoms with Gasteiger partial charge in [0.05, 0.1) is 5.69 Å². The lowest BCUT2D eigenvalue weighted by molar-refractivity contribution is 0.605. The molecule has 1 fully saturated rings. The van der Waals surface area contributed by atoms with Crippen molar-refractivity contribution >= 4 is 17.4 Å². The third kappa shape index (κ3) is 1.18. The first-order chi connectivity index (χ1) is 6.84. The Morgan fingerprint density at radius 2 is 2.07 bits per heavy atom. The molecule has 1 aromatic heterocycles. The summed E-state index contributed by atoms with van der Waals surface area (Å²) >= 11 is 5.88. The van der Waals surface area contributed by atoms with Crippen LogP contribution in [0, 0.1) is 0 Å². The summed E-state index contributed by atoms with van der Waals surface area (Å²) in [6.07, 6.45) is 1.25. The molecule has 0 saturated carbocycles. The van der Waals surface area contributed by atoms with Crippen LogP contribution >= 0.6 is 11.6 Å². The number of nitrogens with zero attached hydrogens (tertiary/aromatic N) is 3. The topological polar surface area (TPSA) is 41.1 Å².